The highest BCUT2D eigenvalue weighted by Gasteiger charge is 2.07. The maximum atomic E-state index is 5.57. The topological polar surface area (TPSA) is 52.0 Å². The molecule has 0 atom stereocenters. The zero-order valence-corrected chi connectivity index (χ0v) is 10.3. The molecule has 3 nitrogen and oxygen atoms in total. The molecule has 2 N–H and O–H groups in total. The van der Waals surface area contributed by atoms with E-state index in [9.17, 15) is 0 Å². The summed E-state index contributed by atoms with van der Waals surface area (Å²) in [4.78, 5) is 4.48. The number of benzene rings is 1. The molecule has 0 aliphatic carbocycles. The van der Waals surface area contributed by atoms with Gasteiger partial charge in [-0.05, 0) is 30.7 Å². The third kappa shape index (κ3) is 1.75. The first-order chi connectivity index (χ1) is 8.28. The second-order valence-corrected chi connectivity index (χ2v) is 4.84. The largest absolute Gasteiger partial charge is 0.464 e. The fourth-order valence-corrected chi connectivity index (χ4v) is 2.65. The second-order valence-electron chi connectivity index (χ2n) is 3.98. The van der Waals surface area contributed by atoms with Crippen LogP contribution in [-0.2, 0) is 6.54 Å². The van der Waals surface area contributed by atoms with Crippen LogP contribution in [0.2, 0.25) is 0 Å². The molecule has 0 saturated carbocycles. The summed E-state index contributed by atoms with van der Waals surface area (Å²) in [5.74, 6) is 0. The van der Waals surface area contributed by atoms with E-state index in [1.807, 2.05) is 24.4 Å². The van der Waals surface area contributed by atoms with Gasteiger partial charge in [-0.25, -0.2) is 4.98 Å². The highest BCUT2D eigenvalue weighted by atomic mass is 32.1. The van der Waals surface area contributed by atoms with Crippen LogP contribution in [0.1, 0.15) is 11.3 Å². The van der Waals surface area contributed by atoms with Gasteiger partial charge >= 0.3 is 0 Å². The molecule has 0 fully saturated rings. The number of fused-ring (bicyclic) bond motifs is 1. The molecule has 0 amide bonds. The van der Waals surface area contributed by atoms with Gasteiger partial charge in [0.25, 0.3) is 0 Å². The molecule has 0 aliphatic rings. The van der Waals surface area contributed by atoms with Crippen molar-refractivity contribution in [2.45, 2.75) is 13.5 Å². The Morgan fingerprint density at radius 2 is 2.29 bits per heavy atom. The summed E-state index contributed by atoms with van der Waals surface area (Å²) in [6.45, 7) is 2.53. The number of rotatable bonds is 2. The minimum absolute atomic E-state index is 0.490. The van der Waals surface area contributed by atoms with Gasteiger partial charge < -0.3 is 10.2 Å². The van der Waals surface area contributed by atoms with Crippen LogP contribution in [0.3, 0.4) is 0 Å². The van der Waals surface area contributed by atoms with Crippen LogP contribution in [0.4, 0.5) is 0 Å². The van der Waals surface area contributed by atoms with Crippen LogP contribution in [0.5, 0.6) is 0 Å². The summed E-state index contributed by atoms with van der Waals surface area (Å²) < 4.78 is 5.43. The second kappa shape index (κ2) is 3.98. The van der Waals surface area contributed by atoms with E-state index in [1.54, 1.807) is 17.6 Å². The van der Waals surface area contributed by atoms with Crippen molar-refractivity contribution in [3.05, 3.63) is 41.1 Å². The van der Waals surface area contributed by atoms with E-state index >= 15 is 0 Å². The molecule has 2 heterocycles. The monoisotopic (exact) mass is 244 g/mol. The number of aryl methyl sites for hydroxylation is 1. The average molecular weight is 244 g/mol. The fraction of sp³-hybridized carbons (Fsp3) is 0.154. The normalized spacial score (nSPS) is 11.2. The quantitative estimate of drug-likeness (QED) is 0.752. The van der Waals surface area contributed by atoms with Crippen molar-refractivity contribution >= 4 is 22.3 Å². The van der Waals surface area contributed by atoms with Gasteiger partial charge in [-0.15, -0.1) is 11.3 Å². The van der Waals surface area contributed by atoms with Gasteiger partial charge in [-0.3, -0.25) is 0 Å². The minimum atomic E-state index is 0.490. The molecular formula is C13H12N2OS. The van der Waals surface area contributed by atoms with E-state index in [0.717, 1.165) is 32.8 Å². The van der Waals surface area contributed by atoms with Crippen LogP contribution in [0.15, 0.2) is 34.3 Å². The number of furan rings is 1. The molecule has 3 aromatic rings. The Hall–Kier alpha value is -1.65. The number of nitrogens with zero attached hydrogens (tertiary/aromatic N) is 1. The molecule has 0 bridgehead atoms. The van der Waals surface area contributed by atoms with Crippen LogP contribution in [0, 0.1) is 6.92 Å². The van der Waals surface area contributed by atoms with Crippen LogP contribution in [0.25, 0.3) is 21.5 Å². The van der Waals surface area contributed by atoms with Crippen LogP contribution in [-0.4, -0.2) is 4.98 Å². The van der Waals surface area contributed by atoms with Crippen LogP contribution < -0.4 is 5.73 Å². The average Bonchev–Trinajstić information content (AvgIpc) is 2.96. The molecule has 0 aliphatic heterocycles. The standard InChI is InChI=1S/C13H12N2OS/c1-8-6-16-12-3-2-9(4-11(8)12)13-15-10(5-14)7-17-13/h2-4,6-7H,5,14H2,1H3. The number of hydrogen-bond donors (Lipinski definition) is 1. The van der Waals surface area contributed by atoms with E-state index < -0.39 is 0 Å². The third-order valence-electron chi connectivity index (χ3n) is 2.77. The Morgan fingerprint density at radius 3 is 3.06 bits per heavy atom. The lowest BCUT2D eigenvalue weighted by molar-refractivity contribution is 0.613. The predicted molar refractivity (Wildman–Crippen MR) is 70.0 cm³/mol. The lowest BCUT2D eigenvalue weighted by Crippen LogP contribution is -1.95. The lowest BCUT2D eigenvalue weighted by Gasteiger charge is -1.97. The zero-order valence-electron chi connectivity index (χ0n) is 9.43. The van der Waals surface area contributed by atoms with Crippen molar-refractivity contribution < 1.29 is 4.42 Å². The van der Waals surface area contributed by atoms with Gasteiger partial charge in [0.2, 0.25) is 0 Å². The molecule has 4 heteroatoms. The smallest absolute Gasteiger partial charge is 0.134 e. The first-order valence-electron chi connectivity index (χ1n) is 5.40. The number of aromatic nitrogens is 1. The van der Waals surface area contributed by atoms with E-state index in [1.165, 1.54) is 0 Å². The van der Waals surface area contributed by atoms with Crippen molar-refractivity contribution in [2.24, 2.45) is 5.73 Å². The summed E-state index contributed by atoms with van der Waals surface area (Å²) in [5, 5.41) is 4.15. The molecule has 17 heavy (non-hydrogen) atoms. The number of hydrogen-bond acceptors (Lipinski definition) is 4. The van der Waals surface area contributed by atoms with E-state index in [2.05, 4.69) is 11.1 Å². The summed E-state index contributed by atoms with van der Waals surface area (Å²) in [5.41, 5.74) is 9.69. The van der Waals surface area contributed by atoms with Crippen molar-refractivity contribution in [1.29, 1.82) is 0 Å². The van der Waals surface area contributed by atoms with Gasteiger partial charge in [-0.2, -0.15) is 0 Å². The van der Waals surface area contributed by atoms with E-state index in [0.29, 0.717) is 6.54 Å². The molecule has 0 unspecified atom stereocenters. The molecular weight excluding hydrogens is 232 g/mol. The highest BCUT2D eigenvalue weighted by Crippen LogP contribution is 2.29. The molecule has 3 rings (SSSR count). The number of thiazole rings is 1. The summed E-state index contributed by atoms with van der Waals surface area (Å²) in [7, 11) is 0. The van der Waals surface area contributed by atoms with Gasteiger partial charge in [0.1, 0.15) is 10.6 Å². The lowest BCUT2D eigenvalue weighted by atomic mass is 10.1. The maximum absolute atomic E-state index is 5.57. The Labute approximate surface area is 103 Å². The van der Waals surface area contributed by atoms with Crippen molar-refractivity contribution in [2.75, 3.05) is 0 Å². The Bertz CT molecular complexity index is 669. The van der Waals surface area contributed by atoms with E-state index in [4.69, 9.17) is 10.2 Å². The Morgan fingerprint density at radius 1 is 1.41 bits per heavy atom. The van der Waals surface area contributed by atoms with Gasteiger partial charge in [0, 0.05) is 22.9 Å². The van der Waals surface area contributed by atoms with Crippen molar-refractivity contribution in [1.82, 2.24) is 4.98 Å². The Balaban J connectivity index is 2.13. The highest BCUT2D eigenvalue weighted by molar-refractivity contribution is 7.13. The first-order valence-corrected chi connectivity index (χ1v) is 6.28. The van der Waals surface area contributed by atoms with Crippen molar-refractivity contribution in [3.63, 3.8) is 0 Å². The molecule has 0 saturated heterocycles. The first kappa shape index (κ1) is 10.5. The SMILES string of the molecule is Cc1coc2ccc(-c3nc(CN)cs3)cc12. The molecule has 86 valence electrons. The summed E-state index contributed by atoms with van der Waals surface area (Å²) in [6.07, 6.45) is 1.78. The van der Waals surface area contributed by atoms with Gasteiger partial charge in [0.05, 0.1) is 12.0 Å². The predicted octanol–water partition coefficient (Wildman–Crippen LogP) is 3.32. The zero-order chi connectivity index (χ0) is 11.8. The summed E-state index contributed by atoms with van der Waals surface area (Å²) in [6, 6.07) is 6.14. The van der Waals surface area contributed by atoms with Crippen molar-refractivity contribution in [3.8, 4) is 10.6 Å². The van der Waals surface area contributed by atoms with Crippen LogP contribution >= 0.6 is 11.3 Å². The van der Waals surface area contributed by atoms with Gasteiger partial charge in [0.15, 0.2) is 0 Å². The number of nitrogens with two attached hydrogens (primary N) is 1. The Kier molecular flexibility index (Phi) is 2.46. The maximum Gasteiger partial charge on any atom is 0.134 e. The summed E-state index contributed by atoms with van der Waals surface area (Å²) >= 11 is 1.62. The fourth-order valence-electron chi connectivity index (χ4n) is 1.82. The minimum Gasteiger partial charge on any atom is -0.464 e. The third-order valence-corrected chi connectivity index (χ3v) is 3.72. The molecule has 0 radical (unpaired) electrons. The molecule has 0 spiro atoms. The molecule has 2 aromatic heterocycles. The van der Waals surface area contributed by atoms with Gasteiger partial charge in [-0.1, -0.05) is 0 Å². The molecule has 1 aromatic carbocycles. The van der Waals surface area contributed by atoms with E-state index in [-0.39, 0.29) is 0 Å².